The van der Waals surface area contributed by atoms with Crippen LogP contribution in [-0.4, -0.2) is 33.0 Å². The van der Waals surface area contributed by atoms with E-state index < -0.39 is 38.7 Å². The second-order valence-corrected chi connectivity index (χ2v) is 6.47. The lowest BCUT2D eigenvalue weighted by Crippen LogP contribution is -2.20. The van der Waals surface area contributed by atoms with Crippen molar-refractivity contribution in [2.24, 2.45) is 0 Å². The largest absolute Gasteiger partial charge is 0.573 e. The molecule has 0 fully saturated rings. The molecule has 26 heavy (non-hydrogen) atoms. The molecule has 0 radical (unpaired) electrons. The average molecular weight is 391 g/mol. The summed E-state index contributed by atoms with van der Waals surface area (Å²) in [6, 6.07) is 7.59. The molecule has 0 atom stereocenters. The van der Waals surface area contributed by atoms with Crippen LogP contribution >= 0.6 is 0 Å². The predicted octanol–water partition coefficient (Wildman–Crippen LogP) is 3.09. The van der Waals surface area contributed by atoms with E-state index in [2.05, 4.69) is 4.74 Å². The number of carboxylic acid groups (broad SMARTS) is 1. The Morgan fingerprint density at radius 3 is 2.35 bits per heavy atom. The maximum Gasteiger partial charge on any atom is 0.573 e. The third-order valence-corrected chi connectivity index (χ3v) is 4.44. The Morgan fingerprint density at radius 2 is 1.77 bits per heavy atom. The number of methoxy groups -OCH3 is 1. The van der Waals surface area contributed by atoms with Gasteiger partial charge in [-0.15, -0.1) is 13.2 Å². The first-order valence-electron chi connectivity index (χ1n) is 6.82. The average Bonchev–Trinajstić information content (AvgIpc) is 2.54. The number of para-hydroxylation sites is 2. The van der Waals surface area contributed by atoms with E-state index in [1.54, 1.807) is 0 Å². The summed E-state index contributed by atoms with van der Waals surface area (Å²) in [6.07, 6.45) is -5.03. The molecule has 2 N–H and O–H groups in total. The van der Waals surface area contributed by atoms with E-state index in [4.69, 9.17) is 9.84 Å². The van der Waals surface area contributed by atoms with Crippen LogP contribution in [0, 0.1) is 0 Å². The van der Waals surface area contributed by atoms with Gasteiger partial charge < -0.3 is 14.6 Å². The molecule has 0 bridgehead atoms. The van der Waals surface area contributed by atoms with E-state index in [-0.39, 0.29) is 11.3 Å². The van der Waals surface area contributed by atoms with Crippen molar-refractivity contribution >= 4 is 21.7 Å². The van der Waals surface area contributed by atoms with Crippen molar-refractivity contribution in [3.8, 4) is 11.5 Å². The number of hydrogen-bond acceptors (Lipinski definition) is 5. The van der Waals surface area contributed by atoms with Crippen LogP contribution in [0.4, 0.5) is 18.9 Å². The normalized spacial score (nSPS) is 11.7. The Labute approximate surface area is 146 Å². The molecule has 0 aliphatic rings. The zero-order valence-corrected chi connectivity index (χ0v) is 13.9. The van der Waals surface area contributed by atoms with Gasteiger partial charge in [0.2, 0.25) is 0 Å². The lowest BCUT2D eigenvalue weighted by atomic mass is 10.2. The smallest absolute Gasteiger partial charge is 0.495 e. The molecule has 0 aromatic heterocycles. The third-order valence-electron chi connectivity index (χ3n) is 3.06. The summed E-state index contributed by atoms with van der Waals surface area (Å²) >= 11 is 0. The van der Waals surface area contributed by atoms with Gasteiger partial charge in [0.15, 0.2) is 5.75 Å². The number of alkyl halides is 3. The standard InChI is InChI=1S/C15H12F3NO6S/c1-24-12-7-6-9(14(20)21)8-13(12)26(22,23)19-10-4-2-3-5-11(10)25-15(16,17)18/h2-8,19H,1H3,(H,20,21). The summed E-state index contributed by atoms with van der Waals surface area (Å²) in [7, 11) is -3.31. The molecule has 2 aromatic carbocycles. The SMILES string of the molecule is COc1ccc(C(=O)O)cc1S(=O)(=O)Nc1ccccc1OC(F)(F)F. The Kier molecular flexibility index (Phi) is 5.30. The molecule has 0 saturated heterocycles. The van der Waals surface area contributed by atoms with Crippen LogP contribution in [0.3, 0.4) is 0 Å². The summed E-state index contributed by atoms with van der Waals surface area (Å²) in [5.41, 5.74) is -0.821. The highest BCUT2D eigenvalue weighted by Gasteiger charge is 2.33. The molecule has 11 heteroatoms. The highest BCUT2D eigenvalue weighted by Crippen LogP contribution is 2.33. The number of benzene rings is 2. The van der Waals surface area contributed by atoms with Crippen molar-refractivity contribution in [2.75, 3.05) is 11.8 Å². The number of carbonyl (C=O) groups is 1. The second kappa shape index (κ2) is 7.12. The first-order valence-corrected chi connectivity index (χ1v) is 8.31. The summed E-state index contributed by atoms with van der Waals surface area (Å²) < 4.78 is 73.1. The van der Waals surface area contributed by atoms with E-state index in [1.165, 1.54) is 12.1 Å². The lowest BCUT2D eigenvalue weighted by Gasteiger charge is -2.16. The molecule has 0 aliphatic heterocycles. The number of carboxylic acids is 1. The predicted molar refractivity (Wildman–Crippen MR) is 83.9 cm³/mol. The Morgan fingerprint density at radius 1 is 1.12 bits per heavy atom. The minimum absolute atomic E-state index is 0.184. The summed E-state index contributed by atoms with van der Waals surface area (Å²) in [4.78, 5) is 10.5. The van der Waals surface area contributed by atoms with Crippen LogP contribution in [0.15, 0.2) is 47.4 Å². The van der Waals surface area contributed by atoms with Crippen molar-refractivity contribution in [3.05, 3.63) is 48.0 Å². The van der Waals surface area contributed by atoms with Crippen LogP contribution in [0.5, 0.6) is 11.5 Å². The molecule has 0 heterocycles. The molecule has 0 unspecified atom stereocenters. The van der Waals surface area contributed by atoms with Gasteiger partial charge in [0, 0.05) is 0 Å². The number of sulfonamides is 1. The van der Waals surface area contributed by atoms with Crippen LogP contribution in [0.1, 0.15) is 10.4 Å². The fraction of sp³-hybridized carbons (Fsp3) is 0.133. The first-order chi connectivity index (χ1) is 12.0. The fourth-order valence-corrected chi connectivity index (χ4v) is 3.25. The van der Waals surface area contributed by atoms with Gasteiger partial charge in [0.05, 0.1) is 18.4 Å². The molecule has 140 valence electrons. The molecule has 0 saturated carbocycles. The Balaban J connectivity index is 2.48. The fourth-order valence-electron chi connectivity index (χ4n) is 1.98. The van der Waals surface area contributed by atoms with Gasteiger partial charge in [-0.25, -0.2) is 13.2 Å². The zero-order valence-electron chi connectivity index (χ0n) is 13.1. The van der Waals surface area contributed by atoms with Gasteiger partial charge >= 0.3 is 12.3 Å². The zero-order chi connectivity index (χ0) is 19.5. The van der Waals surface area contributed by atoms with Crippen LogP contribution in [-0.2, 0) is 10.0 Å². The Hall–Kier alpha value is -2.95. The molecule has 0 aliphatic carbocycles. The minimum atomic E-state index is -5.03. The van der Waals surface area contributed by atoms with Crippen molar-refractivity contribution in [2.45, 2.75) is 11.3 Å². The second-order valence-electron chi connectivity index (χ2n) is 4.82. The molecule has 0 spiro atoms. The monoisotopic (exact) mass is 391 g/mol. The number of anilines is 1. The number of rotatable bonds is 6. The van der Waals surface area contributed by atoms with Crippen LogP contribution in [0.2, 0.25) is 0 Å². The third kappa shape index (κ3) is 4.57. The van der Waals surface area contributed by atoms with E-state index in [0.717, 1.165) is 37.4 Å². The van der Waals surface area contributed by atoms with Gasteiger partial charge in [-0.3, -0.25) is 4.72 Å². The summed E-state index contributed by atoms with van der Waals surface area (Å²) in [5, 5.41) is 9.00. The summed E-state index contributed by atoms with van der Waals surface area (Å²) in [5.74, 6) is -2.33. The molecule has 2 aromatic rings. The lowest BCUT2D eigenvalue weighted by molar-refractivity contribution is -0.274. The van der Waals surface area contributed by atoms with E-state index >= 15 is 0 Å². The molecular formula is C15H12F3NO6S. The summed E-state index contributed by atoms with van der Waals surface area (Å²) in [6.45, 7) is 0. The van der Waals surface area contributed by atoms with Gasteiger partial charge in [-0.2, -0.15) is 0 Å². The number of aromatic carboxylic acids is 1. The number of halogens is 3. The van der Waals surface area contributed by atoms with Crippen molar-refractivity contribution in [1.82, 2.24) is 0 Å². The number of hydrogen-bond donors (Lipinski definition) is 2. The highest BCUT2D eigenvalue weighted by atomic mass is 32.2. The van der Waals surface area contributed by atoms with Gasteiger partial charge in [-0.05, 0) is 30.3 Å². The van der Waals surface area contributed by atoms with Crippen molar-refractivity contribution in [3.63, 3.8) is 0 Å². The molecule has 7 nitrogen and oxygen atoms in total. The Bertz CT molecular complexity index is 927. The topological polar surface area (TPSA) is 102 Å². The molecule has 2 rings (SSSR count). The quantitative estimate of drug-likeness (QED) is 0.785. The molecule has 0 amide bonds. The van der Waals surface area contributed by atoms with Crippen molar-refractivity contribution < 1.29 is 41.0 Å². The van der Waals surface area contributed by atoms with Crippen LogP contribution < -0.4 is 14.2 Å². The first kappa shape index (κ1) is 19.4. The van der Waals surface area contributed by atoms with Gasteiger partial charge in [-0.1, -0.05) is 12.1 Å². The molecular weight excluding hydrogens is 379 g/mol. The maximum absolute atomic E-state index is 12.6. The number of nitrogens with one attached hydrogen (secondary N) is 1. The van der Waals surface area contributed by atoms with Crippen LogP contribution in [0.25, 0.3) is 0 Å². The van der Waals surface area contributed by atoms with Gasteiger partial charge in [0.1, 0.15) is 10.6 Å². The highest BCUT2D eigenvalue weighted by molar-refractivity contribution is 7.92. The van der Waals surface area contributed by atoms with E-state index in [9.17, 15) is 26.4 Å². The maximum atomic E-state index is 12.6. The van der Waals surface area contributed by atoms with Gasteiger partial charge in [0.25, 0.3) is 10.0 Å². The minimum Gasteiger partial charge on any atom is -0.495 e. The van der Waals surface area contributed by atoms with E-state index in [1.807, 2.05) is 4.72 Å². The number of ether oxygens (including phenoxy) is 2. The van der Waals surface area contributed by atoms with Crippen molar-refractivity contribution in [1.29, 1.82) is 0 Å². The van der Waals surface area contributed by atoms with E-state index in [0.29, 0.717) is 0 Å².